The van der Waals surface area contributed by atoms with Gasteiger partial charge in [-0.3, -0.25) is 13.9 Å². The highest BCUT2D eigenvalue weighted by Gasteiger charge is 2.24. The lowest BCUT2D eigenvalue weighted by atomic mass is 9.99. The van der Waals surface area contributed by atoms with Crippen molar-refractivity contribution in [3.8, 4) is 0 Å². The Hall–Kier alpha value is -0.750. The molecule has 0 aromatic rings. The topological polar surface area (TPSA) is 66.8 Å². The maximum atomic E-state index is 11.1. The van der Waals surface area contributed by atoms with E-state index in [0.717, 1.165) is 13.1 Å². The van der Waals surface area contributed by atoms with Crippen LogP contribution in [0.4, 0.5) is 0 Å². The van der Waals surface area contributed by atoms with Crippen molar-refractivity contribution in [3.63, 3.8) is 0 Å². The van der Waals surface area contributed by atoms with Gasteiger partial charge in [0.05, 0.1) is 12.5 Å². The Kier molecular flexibility index (Phi) is 5.62. The molecule has 1 heterocycles. The van der Waals surface area contributed by atoms with Gasteiger partial charge in [-0.2, -0.15) is 0 Å². The molecule has 1 saturated heterocycles. The Morgan fingerprint density at radius 1 is 1.44 bits per heavy atom. The molecule has 0 aromatic heterocycles. The molecule has 0 aliphatic carbocycles. The number of carboxylic acid groups (broad SMARTS) is 1. The van der Waals surface area contributed by atoms with E-state index in [1.807, 2.05) is 4.31 Å². The lowest BCUT2D eigenvalue weighted by molar-refractivity contribution is -0.143. The van der Waals surface area contributed by atoms with Gasteiger partial charge in [-0.1, -0.05) is 11.9 Å². The number of nitrogens with zero attached hydrogens (tertiary/aromatic N) is 1. The Morgan fingerprint density at radius 3 is 2.56 bits per heavy atom. The molecule has 1 fully saturated rings. The second-order valence-corrected chi connectivity index (χ2v) is 4.68. The Bertz CT molecular complexity index is 251. The van der Waals surface area contributed by atoms with E-state index in [1.165, 1.54) is 11.9 Å². The number of carbonyl (C=O) groups is 2. The van der Waals surface area contributed by atoms with Gasteiger partial charge in [-0.05, 0) is 19.8 Å². The van der Waals surface area contributed by atoms with Crippen LogP contribution in [0.15, 0.2) is 0 Å². The molecule has 92 valence electrons. The molecule has 0 atom stereocenters. The number of esters is 1. The van der Waals surface area contributed by atoms with E-state index >= 15 is 0 Å². The van der Waals surface area contributed by atoms with Gasteiger partial charge in [0.2, 0.25) is 0 Å². The molecule has 1 N–H and O–H groups in total. The van der Waals surface area contributed by atoms with Gasteiger partial charge in [-0.25, -0.2) is 0 Å². The molecule has 16 heavy (non-hydrogen) atoms. The molecule has 5 nitrogen and oxygen atoms in total. The van der Waals surface area contributed by atoms with Gasteiger partial charge in [0.25, 0.3) is 0 Å². The zero-order valence-electron chi connectivity index (χ0n) is 9.35. The van der Waals surface area contributed by atoms with Crippen LogP contribution in [-0.4, -0.2) is 46.8 Å². The van der Waals surface area contributed by atoms with Crippen LogP contribution in [0, 0.1) is 5.92 Å². The normalized spacial score (nSPS) is 18.3. The summed E-state index contributed by atoms with van der Waals surface area (Å²) in [5.41, 5.74) is 0. The minimum absolute atomic E-state index is 0.215. The number of rotatable bonds is 5. The molecule has 0 aromatic carbocycles. The van der Waals surface area contributed by atoms with Crippen molar-refractivity contribution < 1.29 is 19.4 Å². The van der Waals surface area contributed by atoms with Crippen molar-refractivity contribution in [1.29, 1.82) is 0 Å². The highest BCUT2D eigenvalue weighted by atomic mass is 32.2. The maximum Gasteiger partial charge on any atom is 0.317 e. The summed E-state index contributed by atoms with van der Waals surface area (Å²) in [6.45, 7) is 3.63. The van der Waals surface area contributed by atoms with Crippen molar-refractivity contribution in [2.24, 2.45) is 5.92 Å². The minimum Gasteiger partial charge on any atom is -0.481 e. The standard InChI is InChI=1S/C10H17NO4S/c1-2-15-9(12)7-16-11-5-3-8(4-6-11)10(13)14/h8H,2-7H2,1H3,(H,13,14). The average Bonchev–Trinajstić information content (AvgIpc) is 2.27. The first-order valence-corrected chi connectivity index (χ1v) is 6.34. The van der Waals surface area contributed by atoms with E-state index in [-0.39, 0.29) is 11.9 Å². The number of ether oxygens (including phenoxy) is 1. The smallest absolute Gasteiger partial charge is 0.317 e. The molecule has 1 rings (SSSR count). The quantitative estimate of drug-likeness (QED) is 0.577. The third-order valence-corrected chi connectivity index (χ3v) is 3.57. The van der Waals surface area contributed by atoms with Crippen LogP contribution in [-0.2, 0) is 14.3 Å². The van der Waals surface area contributed by atoms with E-state index in [4.69, 9.17) is 9.84 Å². The fourth-order valence-electron chi connectivity index (χ4n) is 1.58. The molecule has 0 spiro atoms. The van der Waals surface area contributed by atoms with E-state index in [2.05, 4.69) is 0 Å². The van der Waals surface area contributed by atoms with E-state index in [0.29, 0.717) is 25.2 Å². The summed E-state index contributed by atoms with van der Waals surface area (Å²) >= 11 is 1.43. The van der Waals surface area contributed by atoms with Crippen LogP contribution in [0.5, 0.6) is 0 Å². The summed E-state index contributed by atoms with van der Waals surface area (Å²) in [4.78, 5) is 21.8. The van der Waals surface area contributed by atoms with Crippen molar-refractivity contribution in [2.75, 3.05) is 25.4 Å². The zero-order valence-corrected chi connectivity index (χ0v) is 10.2. The van der Waals surface area contributed by atoms with E-state index in [9.17, 15) is 9.59 Å². The van der Waals surface area contributed by atoms with Gasteiger partial charge >= 0.3 is 11.9 Å². The number of hydrogen-bond donors (Lipinski definition) is 1. The Balaban J connectivity index is 2.17. The summed E-state index contributed by atoms with van der Waals surface area (Å²) in [5.74, 6) is -0.840. The van der Waals surface area contributed by atoms with Crippen molar-refractivity contribution >= 4 is 23.9 Å². The zero-order chi connectivity index (χ0) is 12.0. The number of carbonyl (C=O) groups excluding carboxylic acids is 1. The predicted octanol–water partition coefficient (Wildman–Crippen LogP) is 0.994. The van der Waals surface area contributed by atoms with Crippen LogP contribution in [0.2, 0.25) is 0 Å². The first-order valence-electron chi connectivity index (χ1n) is 5.39. The van der Waals surface area contributed by atoms with Crippen LogP contribution >= 0.6 is 11.9 Å². The summed E-state index contributed by atoms with van der Waals surface area (Å²) in [7, 11) is 0. The van der Waals surface area contributed by atoms with Crippen LogP contribution < -0.4 is 0 Å². The van der Waals surface area contributed by atoms with E-state index < -0.39 is 5.97 Å². The van der Waals surface area contributed by atoms with Crippen LogP contribution in [0.1, 0.15) is 19.8 Å². The fourth-order valence-corrected chi connectivity index (χ4v) is 2.42. The molecular weight excluding hydrogens is 230 g/mol. The van der Waals surface area contributed by atoms with Crippen molar-refractivity contribution in [2.45, 2.75) is 19.8 Å². The average molecular weight is 247 g/mol. The Morgan fingerprint density at radius 2 is 2.06 bits per heavy atom. The van der Waals surface area contributed by atoms with E-state index in [1.54, 1.807) is 6.92 Å². The predicted molar refractivity (Wildman–Crippen MR) is 61.0 cm³/mol. The van der Waals surface area contributed by atoms with Gasteiger partial charge in [0, 0.05) is 13.1 Å². The number of carboxylic acids is 1. The molecule has 1 aliphatic heterocycles. The van der Waals surface area contributed by atoms with Crippen molar-refractivity contribution in [1.82, 2.24) is 4.31 Å². The molecule has 6 heteroatoms. The minimum atomic E-state index is -0.713. The summed E-state index contributed by atoms with van der Waals surface area (Å²) in [5, 5.41) is 8.81. The molecule has 0 bridgehead atoms. The summed E-state index contributed by atoms with van der Waals surface area (Å²) in [6.07, 6.45) is 1.32. The second-order valence-electron chi connectivity index (χ2n) is 3.62. The first kappa shape index (κ1) is 13.3. The van der Waals surface area contributed by atoms with Gasteiger partial charge < -0.3 is 9.84 Å². The van der Waals surface area contributed by atoms with Gasteiger partial charge in [-0.15, -0.1) is 0 Å². The largest absolute Gasteiger partial charge is 0.481 e. The van der Waals surface area contributed by atoms with Crippen molar-refractivity contribution in [3.05, 3.63) is 0 Å². The van der Waals surface area contributed by atoms with Crippen LogP contribution in [0.25, 0.3) is 0 Å². The molecular formula is C10H17NO4S. The third kappa shape index (κ3) is 4.40. The number of aliphatic carboxylic acids is 1. The van der Waals surface area contributed by atoms with Crippen LogP contribution in [0.3, 0.4) is 0 Å². The second kappa shape index (κ2) is 6.75. The Labute approximate surface area is 99.3 Å². The number of piperidine rings is 1. The molecule has 0 saturated carbocycles. The molecule has 0 amide bonds. The lowest BCUT2D eigenvalue weighted by Gasteiger charge is -2.28. The maximum absolute atomic E-state index is 11.1. The fraction of sp³-hybridized carbons (Fsp3) is 0.800. The lowest BCUT2D eigenvalue weighted by Crippen LogP contribution is -2.32. The SMILES string of the molecule is CCOC(=O)CSN1CCC(C(=O)O)CC1. The monoisotopic (exact) mass is 247 g/mol. The van der Waals surface area contributed by atoms with Gasteiger partial charge in [0.1, 0.15) is 5.75 Å². The third-order valence-electron chi connectivity index (χ3n) is 2.47. The number of hydrogen-bond acceptors (Lipinski definition) is 5. The molecule has 1 aliphatic rings. The summed E-state index contributed by atoms with van der Waals surface area (Å²) < 4.78 is 6.85. The molecule has 0 unspecified atom stereocenters. The first-order chi connectivity index (χ1) is 7.63. The van der Waals surface area contributed by atoms with Gasteiger partial charge in [0.15, 0.2) is 0 Å². The molecule has 0 radical (unpaired) electrons. The highest BCUT2D eigenvalue weighted by molar-refractivity contribution is 7.97. The summed E-state index contributed by atoms with van der Waals surface area (Å²) in [6, 6.07) is 0. The highest BCUT2D eigenvalue weighted by Crippen LogP contribution is 2.22.